The molecule has 2 aromatic heterocycles. The molecule has 1 aliphatic heterocycles. The molecule has 1 aromatic carbocycles. The number of hydrogen-bond donors (Lipinski definition) is 1. The van der Waals surface area contributed by atoms with E-state index in [-0.39, 0.29) is 12.0 Å². The van der Waals surface area contributed by atoms with Crippen LogP contribution in [0, 0.1) is 0 Å². The van der Waals surface area contributed by atoms with Crippen LogP contribution in [0.2, 0.25) is 0 Å². The van der Waals surface area contributed by atoms with Crippen molar-refractivity contribution in [2.45, 2.75) is 18.9 Å². The fraction of sp³-hybridized carbons (Fsp3) is 0.263. The molecule has 1 unspecified atom stereocenters. The Morgan fingerprint density at radius 3 is 3.12 bits per heavy atom. The Hall–Kier alpha value is -2.44. The van der Waals surface area contributed by atoms with E-state index in [9.17, 15) is 4.79 Å². The number of ether oxygens (including phenoxy) is 2. The highest BCUT2D eigenvalue weighted by atomic mass is 32.1. The monoisotopic (exact) mass is 354 g/mol. The number of benzene rings is 1. The van der Waals surface area contributed by atoms with E-state index in [2.05, 4.69) is 10.3 Å². The van der Waals surface area contributed by atoms with Crippen molar-refractivity contribution in [1.29, 1.82) is 0 Å². The van der Waals surface area contributed by atoms with Gasteiger partial charge in [0.25, 0.3) is 5.91 Å². The van der Waals surface area contributed by atoms with Gasteiger partial charge >= 0.3 is 0 Å². The minimum Gasteiger partial charge on any atom is -0.490 e. The summed E-state index contributed by atoms with van der Waals surface area (Å²) in [4.78, 5) is 17.0. The number of amides is 1. The highest BCUT2D eigenvalue weighted by Gasteiger charge is 2.19. The van der Waals surface area contributed by atoms with Crippen LogP contribution in [0.25, 0.3) is 10.1 Å². The zero-order valence-corrected chi connectivity index (χ0v) is 14.4. The van der Waals surface area contributed by atoms with Gasteiger partial charge in [0, 0.05) is 22.9 Å². The molecule has 0 aliphatic carbocycles. The molecule has 0 spiro atoms. The smallest absolute Gasteiger partial charge is 0.260 e. The third kappa shape index (κ3) is 3.50. The maximum Gasteiger partial charge on any atom is 0.260 e. The Morgan fingerprint density at radius 2 is 2.24 bits per heavy atom. The van der Waals surface area contributed by atoms with E-state index in [0.29, 0.717) is 23.7 Å². The van der Waals surface area contributed by atoms with E-state index in [4.69, 9.17) is 9.47 Å². The number of carbonyl (C=O) groups excluding carboxylic acids is 1. The van der Waals surface area contributed by atoms with Gasteiger partial charge in [0.15, 0.2) is 0 Å². The van der Waals surface area contributed by atoms with Gasteiger partial charge in [-0.05, 0) is 42.5 Å². The minimum atomic E-state index is -0.228. The number of nitrogens with zero attached hydrogens (tertiary/aromatic N) is 1. The normalized spacial score (nSPS) is 16.9. The first-order chi connectivity index (χ1) is 12.3. The van der Waals surface area contributed by atoms with E-state index >= 15 is 0 Å². The standard InChI is InChI=1S/C19H18N2O3S/c22-19(21-18-15-8-11-25-17(15)7-9-20-18)14-5-1-2-6-16(14)24-12-13-4-3-10-23-13/h1-2,5-9,11,13H,3-4,10,12H2,(H,20,21,22). The maximum absolute atomic E-state index is 12.7. The number of para-hydroxylation sites is 1. The molecule has 0 radical (unpaired) electrons. The van der Waals surface area contributed by atoms with E-state index in [0.717, 1.165) is 29.5 Å². The van der Waals surface area contributed by atoms with Crippen molar-refractivity contribution in [3.63, 3.8) is 0 Å². The maximum atomic E-state index is 12.7. The Morgan fingerprint density at radius 1 is 1.32 bits per heavy atom. The lowest BCUT2D eigenvalue weighted by molar-refractivity contribution is 0.0673. The zero-order chi connectivity index (χ0) is 17.1. The summed E-state index contributed by atoms with van der Waals surface area (Å²) < 4.78 is 12.5. The number of carbonyl (C=O) groups is 1. The minimum absolute atomic E-state index is 0.109. The average molecular weight is 354 g/mol. The highest BCUT2D eigenvalue weighted by Crippen LogP contribution is 2.27. The van der Waals surface area contributed by atoms with Gasteiger partial charge in [-0.15, -0.1) is 11.3 Å². The quantitative estimate of drug-likeness (QED) is 0.749. The van der Waals surface area contributed by atoms with Gasteiger partial charge in [0.05, 0.1) is 11.7 Å². The van der Waals surface area contributed by atoms with Gasteiger partial charge in [0.1, 0.15) is 18.2 Å². The van der Waals surface area contributed by atoms with Gasteiger partial charge in [0.2, 0.25) is 0 Å². The number of anilines is 1. The van der Waals surface area contributed by atoms with Crippen LogP contribution < -0.4 is 10.1 Å². The van der Waals surface area contributed by atoms with Crippen LogP contribution in [0.5, 0.6) is 5.75 Å². The molecule has 0 saturated carbocycles. The summed E-state index contributed by atoms with van der Waals surface area (Å²) in [7, 11) is 0. The van der Waals surface area contributed by atoms with Crippen molar-refractivity contribution in [1.82, 2.24) is 4.98 Å². The Balaban J connectivity index is 1.52. The number of fused-ring (bicyclic) bond motifs is 1. The van der Waals surface area contributed by atoms with Crippen molar-refractivity contribution < 1.29 is 14.3 Å². The van der Waals surface area contributed by atoms with Crippen LogP contribution in [0.1, 0.15) is 23.2 Å². The molecular formula is C19H18N2O3S. The predicted molar refractivity (Wildman–Crippen MR) is 98.5 cm³/mol. The van der Waals surface area contributed by atoms with Gasteiger partial charge < -0.3 is 14.8 Å². The first-order valence-corrected chi connectivity index (χ1v) is 9.16. The van der Waals surface area contributed by atoms with Crippen molar-refractivity contribution in [2.75, 3.05) is 18.5 Å². The fourth-order valence-corrected chi connectivity index (χ4v) is 3.69. The Kier molecular flexibility index (Phi) is 4.63. The second-order valence-corrected chi connectivity index (χ2v) is 6.84. The van der Waals surface area contributed by atoms with Crippen molar-refractivity contribution in [3.8, 4) is 5.75 Å². The molecule has 1 atom stereocenters. The molecule has 3 heterocycles. The number of hydrogen-bond acceptors (Lipinski definition) is 5. The summed E-state index contributed by atoms with van der Waals surface area (Å²) in [6.45, 7) is 1.25. The molecule has 6 heteroatoms. The first kappa shape index (κ1) is 16.1. The number of rotatable bonds is 5. The summed E-state index contributed by atoms with van der Waals surface area (Å²) in [5.41, 5.74) is 0.495. The van der Waals surface area contributed by atoms with Crippen molar-refractivity contribution in [2.24, 2.45) is 0 Å². The van der Waals surface area contributed by atoms with Gasteiger partial charge in [-0.3, -0.25) is 4.79 Å². The topological polar surface area (TPSA) is 60.5 Å². The molecule has 1 N–H and O–H groups in total. The predicted octanol–water partition coefficient (Wildman–Crippen LogP) is 4.11. The molecule has 5 nitrogen and oxygen atoms in total. The molecule has 25 heavy (non-hydrogen) atoms. The Labute approximate surface area is 149 Å². The number of thiophene rings is 1. The third-order valence-corrected chi connectivity index (χ3v) is 5.07. The van der Waals surface area contributed by atoms with E-state index in [1.807, 2.05) is 35.7 Å². The number of aromatic nitrogens is 1. The zero-order valence-electron chi connectivity index (χ0n) is 13.6. The van der Waals surface area contributed by atoms with E-state index < -0.39 is 0 Å². The number of pyridine rings is 1. The highest BCUT2D eigenvalue weighted by molar-refractivity contribution is 7.17. The van der Waals surface area contributed by atoms with Crippen LogP contribution >= 0.6 is 11.3 Å². The fourth-order valence-electron chi connectivity index (χ4n) is 2.91. The molecular weight excluding hydrogens is 336 g/mol. The van der Waals surface area contributed by atoms with Crippen LogP contribution in [0.4, 0.5) is 5.82 Å². The summed E-state index contributed by atoms with van der Waals surface area (Å²) in [6.07, 6.45) is 3.87. The summed E-state index contributed by atoms with van der Waals surface area (Å²) >= 11 is 1.62. The summed E-state index contributed by atoms with van der Waals surface area (Å²) in [6, 6.07) is 11.2. The summed E-state index contributed by atoms with van der Waals surface area (Å²) in [5.74, 6) is 0.903. The molecule has 128 valence electrons. The first-order valence-electron chi connectivity index (χ1n) is 8.28. The van der Waals surface area contributed by atoms with Gasteiger partial charge in [-0.2, -0.15) is 0 Å². The van der Waals surface area contributed by atoms with E-state index in [1.54, 1.807) is 23.6 Å². The second-order valence-electron chi connectivity index (χ2n) is 5.89. The van der Waals surface area contributed by atoms with E-state index in [1.165, 1.54) is 0 Å². The van der Waals surface area contributed by atoms with Crippen LogP contribution in [-0.2, 0) is 4.74 Å². The third-order valence-electron chi connectivity index (χ3n) is 4.19. The lowest BCUT2D eigenvalue weighted by Gasteiger charge is -2.14. The van der Waals surface area contributed by atoms with Gasteiger partial charge in [-0.25, -0.2) is 4.98 Å². The molecule has 1 amide bonds. The lowest BCUT2D eigenvalue weighted by Crippen LogP contribution is -2.19. The summed E-state index contributed by atoms with van der Waals surface area (Å²) in [5, 5.41) is 5.83. The van der Waals surface area contributed by atoms with Crippen molar-refractivity contribution in [3.05, 3.63) is 53.5 Å². The molecule has 0 bridgehead atoms. The van der Waals surface area contributed by atoms with Crippen LogP contribution in [0.15, 0.2) is 48.0 Å². The van der Waals surface area contributed by atoms with Crippen molar-refractivity contribution >= 4 is 33.1 Å². The molecule has 1 aliphatic rings. The number of nitrogens with one attached hydrogen (secondary N) is 1. The van der Waals surface area contributed by atoms with Crippen LogP contribution in [-0.4, -0.2) is 30.2 Å². The largest absolute Gasteiger partial charge is 0.490 e. The molecule has 1 fully saturated rings. The van der Waals surface area contributed by atoms with Crippen LogP contribution in [0.3, 0.4) is 0 Å². The molecule has 1 saturated heterocycles. The SMILES string of the molecule is O=C(Nc1nccc2sccc12)c1ccccc1OCC1CCCO1. The lowest BCUT2D eigenvalue weighted by atomic mass is 10.2. The molecule has 4 rings (SSSR count). The average Bonchev–Trinajstić information content (AvgIpc) is 3.32. The van der Waals surface area contributed by atoms with Gasteiger partial charge in [-0.1, -0.05) is 12.1 Å². The second kappa shape index (κ2) is 7.21. The Bertz CT molecular complexity index is 887. The molecule has 3 aromatic rings.